The summed E-state index contributed by atoms with van der Waals surface area (Å²) in [4.78, 5) is 24.7. The van der Waals surface area contributed by atoms with Crippen molar-refractivity contribution in [2.24, 2.45) is 5.92 Å². The Morgan fingerprint density at radius 2 is 2.25 bits per heavy atom. The number of nitrogens with zero attached hydrogens (tertiary/aromatic N) is 2. The van der Waals surface area contributed by atoms with Gasteiger partial charge in [-0.2, -0.15) is 0 Å². The number of rotatable bonds is 4. The van der Waals surface area contributed by atoms with E-state index in [4.69, 9.17) is 5.11 Å². The van der Waals surface area contributed by atoms with E-state index in [9.17, 15) is 9.59 Å². The third kappa shape index (κ3) is 3.37. The third-order valence-corrected chi connectivity index (χ3v) is 3.77. The highest BCUT2D eigenvalue weighted by atomic mass is 16.5. The summed E-state index contributed by atoms with van der Waals surface area (Å²) < 4.78 is 4.63. The number of carboxylic acid groups (broad SMARTS) is 1. The van der Waals surface area contributed by atoms with Gasteiger partial charge in [0.25, 0.3) is 5.91 Å². The number of carbonyl (C=O) groups is 2. The number of hydrogen-bond acceptors (Lipinski definition) is 4. The topological polar surface area (TPSA) is 83.6 Å². The van der Waals surface area contributed by atoms with Crippen molar-refractivity contribution in [2.45, 2.75) is 39.0 Å². The highest BCUT2D eigenvalue weighted by Crippen LogP contribution is 2.22. The Labute approximate surface area is 117 Å². The summed E-state index contributed by atoms with van der Waals surface area (Å²) in [7, 11) is 0. The van der Waals surface area contributed by atoms with E-state index in [1.165, 1.54) is 18.9 Å². The van der Waals surface area contributed by atoms with Crippen LogP contribution in [0.15, 0.2) is 10.6 Å². The van der Waals surface area contributed by atoms with E-state index in [1.807, 2.05) is 0 Å². The van der Waals surface area contributed by atoms with Crippen molar-refractivity contribution in [1.29, 1.82) is 0 Å². The Bertz CT molecular complexity index is 483. The molecule has 1 amide bonds. The van der Waals surface area contributed by atoms with Gasteiger partial charge in [-0.15, -0.1) is 0 Å². The van der Waals surface area contributed by atoms with E-state index >= 15 is 0 Å². The quantitative estimate of drug-likeness (QED) is 0.915. The highest BCUT2D eigenvalue weighted by molar-refractivity contribution is 5.94. The first-order chi connectivity index (χ1) is 9.61. The molecule has 1 saturated heterocycles. The summed E-state index contributed by atoms with van der Waals surface area (Å²) in [6, 6.07) is 1.19. The molecule has 6 heteroatoms. The lowest BCUT2D eigenvalue weighted by molar-refractivity contribution is 0.0648. The fraction of sp³-hybridized carbons (Fsp3) is 0.643. The molecule has 1 aliphatic heterocycles. The van der Waals surface area contributed by atoms with E-state index in [0.29, 0.717) is 19.0 Å². The van der Waals surface area contributed by atoms with E-state index in [2.05, 4.69) is 16.6 Å². The molecule has 2 heterocycles. The first-order valence-corrected chi connectivity index (χ1v) is 7.11. The zero-order valence-electron chi connectivity index (χ0n) is 11.7. The van der Waals surface area contributed by atoms with Gasteiger partial charge in [-0.05, 0) is 25.2 Å². The smallest absolute Gasteiger partial charge is 0.374 e. The van der Waals surface area contributed by atoms with Gasteiger partial charge < -0.3 is 14.5 Å². The average Bonchev–Trinajstić information content (AvgIpc) is 2.80. The van der Waals surface area contributed by atoms with Crippen molar-refractivity contribution >= 4 is 11.9 Å². The van der Waals surface area contributed by atoms with Crippen LogP contribution in [0, 0.1) is 5.92 Å². The summed E-state index contributed by atoms with van der Waals surface area (Å²) in [6.45, 7) is 3.59. The Hall–Kier alpha value is -1.85. The zero-order chi connectivity index (χ0) is 14.5. The molecule has 20 heavy (non-hydrogen) atoms. The number of hydrogen-bond donors (Lipinski definition) is 1. The van der Waals surface area contributed by atoms with Crippen LogP contribution in [-0.2, 0) is 0 Å². The second-order valence-corrected chi connectivity index (χ2v) is 5.26. The van der Waals surface area contributed by atoms with E-state index in [1.54, 1.807) is 4.90 Å². The normalized spacial score (nSPS) is 19.6. The number of aromatic nitrogens is 1. The van der Waals surface area contributed by atoms with Crippen molar-refractivity contribution in [2.75, 3.05) is 13.1 Å². The Balaban J connectivity index is 1.99. The molecule has 1 fully saturated rings. The molecule has 0 saturated carbocycles. The molecule has 2 rings (SSSR count). The minimum atomic E-state index is -1.21. The van der Waals surface area contributed by atoms with Gasteiger partial charge in [0.15, 0.2) is 5.69 Å². The molecule has 110 valence electrons. The van der Waals surface area contributed by atoms with Crippen molar-refractivity contribution in [3.05, 3.63) is 17.5 Å². The number of aromatic carboxylic acids is 1. The summed E-state index contributed by atoms with van der Waals surface area (Å²) in [5, 5.41) is 12.3. The first kappa shape index (κ1) is 14.6. The van der Waals surface area contributed by atoms with Gasteiger partial charge in [0.05, 0.1) is 0 Å². The maximum Gasteiger partial charge on any atom is 0.374 e. The summed E-state index contributed by atoms with van der Waals surface area (Å²) in [5.74, 6) is -1.06. The van der Waals surface area contributed by atoms with Crippen LogP contribution >= 0.6 is 0 Å². The molecule has 6 nitrogen and oxygen atoms in total. The average molecular weight is 280 g/mol. The third-order valence-electron chi connectivity index (χ3n) is 3.77. The summed E-state index contributed by atoms with van der Waals surface area (Å²) in [6.07, 6.45) is 5.51. The van der Waals surface area contributed by atoms with Gasteiger partial charge >= 0.3 is 5.97 Å². The van der Waals surface area contributed by atoms with E-state index in [-0.39, 0.29) is 17.4 Å². The standard InChI is InChI=1S/C14H20N2O4/c1-2-4-10-5-3-7-16(8-6-10)13(17)11-9-12(14(18)19)20-15-11/h9-10H,2-8H2,1H3,(H,18,19). The van der Waals surface area contributed by atoms with Crippen LogP contribution in [0.1, 0.15) is 60.1 Å². The molecule has 1 aromatic rings. The number of amides is 1. The number of likely N-dealkylation sites (tertiary alicyclic amines) is 1. The summed E-state index contributed by atoms with van der Waals surface area (Å²) in [5.41, 5.74) is 0.0799. The predicted molar refractivity (Wildman–Crippen MR) is 71.6 cm³/mol. The van der Waals surface area contributed by atoms with Crippen LogP contribution in [0.5, 0.6) is 0 Å². The maximum absolute atomic E-state index is 12.3. The molecule has 0 radical (unpaired) electrons. The second kappa shape index (κ2) is 6.54. The van der Waals surface area contributed by atoms with E-state index < -0.39 is 5.97 Å². The van der Waals surface area contributed by atoms with Crippen LogP contribution in [0.4, 0.5) is 0 Å². The lowest BCUT2D eigenvalue weighted by atomic mass is 9.96. The van der Waals surface area contributed by atoms with E-state index in [0.717, 1.165) is 19.3 Å². The Morgan fingerprint density at radius 3 is 2.90 bits per heavy atom. The number of carboxylic acids is 1. The SMILES string of the molecule is CCCC1CCCN(C(=O)c2cc(C(=O)O)on2)CC1. The van der Waals surface area contributed by atoms with Crippen LogP contribution < -0.4 is 0 Å². The molecule has 0 aliphatic carbocycles. The molecular formula is C14H20N2O4. The number of carbonyl (C=O) groups excluding carboxylic acids is 1. The maximum atomic E-state index is 12.3. The van der Waals surface area contributed by atoms with Gasteiger partial charge in [0, 0.05) is 19.2 Å². The second-order valence-electron chi connectivity index (χ2n) is 5.26. The minimum absolute atomic E-state index is 0.0799. The minimum Gasteiger partial charge on any atom is -0.475 e. The van der Waals surface area contributed by atoms with Crippen LogP contribution in [0.25, 0.3) is 0 Å². The monoisotopic (exact) mass is 280 g/mol. The van der Waals surface area contributed by atoms with Crippen LogP contribution in [0.2, 0.25) is 0 Å². The van der Waals surface area contributed by atoms with Gasteiger partial charge in [0.2, 0.25) is 5.76 Å². The molecule has 0 bridgehead atoms. The largest absolute Gasteiger partial charge is 0.475 e. The summed E-state index contributed by atoms with van der Waals surface area (Å²) >= 11 is 0. The van der Waals surface area contributed by atoms with Crippen molar-refractivity contribution in [1.82, 2.24) is 10.1 Å². The highest BCUT2D eigenvalue weighted by Gasteiger charge is 2.24. The van der Waals surface area contributed by atoms with Crippen molar-refractivity contribution < 1.29 is 19.2 Å². The van der Waals surface area contributed by atoms with Crippen LogP contribution in [0.3, 0.4) is 0 Å². The first-order valence-electron chi connectivity index (χ1n) is 7.11. The van der Waals surface area contributed by atoms with Crippen molar-refractivity contribution in [3.63, 3.8) is 0 Å². The molecule has 1 unspecified atom stereocenters. The van der Waals surface area contributed by atoms with Gasteiger partial charge in [-0.25, -0.2) is 4.79 Å². The fourth-order valence-electron chi connectivity index (χ4n) is 2.70. The zero-order valence-corrected chi connectivity index (χ0v) is 11.7. The Morgan fingerprint density at radius 1 is 1.45 bits per heavy atom. The molecule has 1 N–H and O–H groups in total. The van der Waals surface area contributed by atoms with Crippen LogP contribution in [-0.4, -0.2) is 40.1 Å². The van der Waals surface area contributed by atoms with Gasteiger partial charge in [0.1, 0.15) is 0 Å². The lowest BCUT2D eigenvalue weighted by Gasteiger charge is -2.19. The molecule has 0 aromatic carbocycles. The molecule has 1 aromatic heterocycles. The Kier molecular flexibility index (Phi) is 4.76. The molecule has 1 aliphatic rings. The molecule has 0 spiro atoms. The van der Waals surface area contributed by atoms with Gasteiger partial charge in [-0.1, -0.05) is 24.9 Å². The predicted octanol–water partition coefficient (Wildman–Crippen LogP) is 2.42. The molecule has 1 atom stereocenters. The molecular weight excluding hydrogens is 260 g/mol. The van der Waals surface area contributed by atoms with Gasteiger partial charge in [-0.3, -0.25) is 4.79 Å². The van der Waals surface area contributed by atoms with Crippen molar-refractivity contribution in [3.8, 4) is 0 Å². The lowest BCUT2D eigenvalue weighted by Crippen LogP contribution is -2.32. The fourth-order valence-corrected chi connectivity index (χ4v) is 2.70.